The van der Waals surface area contributed by atoms with Gasteiger partial charge < -0.3 is 13.6 Å². The minimum Gasteiger partial charge on any atom is -0.316 e. The summed E-state index contributed by atoms with van der Waals surface area (Å²) in [7, 11) is 0.588. The summed E-state index contributed by atoms with van der Waals surface area (Å²) in [6, 6.07) is 0. The van der Waals surface area contributed by atoms with Gasteiger partial charge in [0.05, 0.1) is 13.2 Å². The molecule has 0 N–H and O–H groups in total. The van der Waals surface area contributed by atoms with Crippen molar-refractivity contribution in [2.45, 2.75) is 46.0 Å². The fraction of sp³-hybridized carbons (Fsp3) is 1.00. The Morgan fingerprint density at radius 2 is 1.87 bits per heavy atom. The lowest BCUT2D eigenvalue weighted by molar-refractivity contribution is 0.00123. The van der Waals surface area contributed by atoms with E-state index >= 15 is 0 Å². The summed E-state index contributed by atoms with van der Waals surface area (Å²) in [6.45, 7) is 6.05. The number of rotatable bonds is 6. The van der Waals surface area contributed by atoms with E-state index in [0.29, 0.717) is 0 Å². The van der Waals surface area contributed by atoms with E-state index < -0.39 is 8.60 Å². The van der Waals surface area contributed by atoms with Gasteiger partial charge in [0.2, 0.25) is 0 Å². The Hall–Kier alpha value is 0.310. The van der Waals surface area contributed by atoms with Gasteiger partial charge in [0.1, 0.15) is 0 Å². The molecule has 15 heavy (non-hydrogen) atoms. The highest BCUT2D eigenvalue weighted by atomic mass is 31.2. The highest BCUT2D eigenvalue weighted by Gasteiger charge is 2.35. The van der Waals surface area contributed by atoms with Gasteiger partial charge in [-0.15, -0.1) is 0 Å². The van der Waals surface area contributed by atoms with Crippen LogP contribution in [0.25, 0.3) is 0 Å². The van der Waals surface area contributed by atoms with Gasteiger partial charge in [-0.1, -0.05) is 33.1 Å². The number of hydrogen-bond donors (Lipinski definition) is 0. The average molecular weight is 234 g/mol. The maximum atomic E-state index is 5.59. The molecule has 0 saturated carbocycles. The molecular weight excluding hydrogens is 211 g/mol. The third-order valence-electron chi connectivity index (χ3n) is 3.16. The molecule has 0 radical (unpaired) electrons. The van der Waals surface area contributed by atoms with Crippen molar-refractivity contribution in [2.24, 2.45) is 5.41 Å². The van der Waals surface area contributed by atoms with E-state index in [2.05, 4.69) is 13.8 Å². The van der Waals surface area contributed by atoms with Crippen molar-refractivity contribution >= 4 is 8.60 Å². The van der Waals surface area contributed by atoms with E-state index in [9.17, 15) is 0 Å². The molecule has 0 bridgehead atoms. The minimum absolute atomic E-state index is 0.243. The first-order valence-corrected chi connectivity index (χ1v) is 6.96. The summed E-state index contributed by atoms with van der Waals surface area (Å²) >= 11 is 0. The third kappa shape index (κ3) is 3.99. The van der Waals surface area contributed by atoms with Crippen molar-refractivity contribution in [2.75, 3.05) is 20.3 Å². The van der Waals surface area contributed by atoms with Gasteiger partial charge in [-0.3, -0.25) is 0 Å². The molecule has 1 rings (SSSR count). The second-order valence-corrected chi connectivity index (χ2v) is 5.59. The van der Waals surface area contributed by atoms with Crippen LogP contribution in [0.5, 0.6) is 0 Å². The van der Waals surface area contributed by atoms with Crippen molar-refractivity contribution in [1.82, 2.24) is 0 Å². The van der Waals surface area contributed by atoms with Crippen molar-refractivity contribution in [3.8, 4) is 0 Å². The smallest absolute Gasteiger partial charge is 0.316 e. The molecule has 0 aromatic rings. The van der Waals surface area contributed by atoms with Crippen molar-refractivity contribution in [3.05, 3.63) is 0 Å². The molecule has 1 heterocycles. The fourth-order valence-corrected chi connectivity index (χ4v) is 2.88. The first-order chi connectivity index (χ1) is 7.26. The maximum Gasteiger partial charge on any atom is 0.332 e. The molecule has 0 amide bonds. The van der Waals surface area contributed by atoms with Gasteiger partial charge in [0.25, 0.3) is 0 Å². The van der Waals surface area contributed by atoms with Crippen LogP contribution in [0.4, 0.5) is 0 Å². The highest BCUT2D eigenvalue weighted by molar-refractivity contribution is 7.41. The van der Waals surface area contributed by atoms with Gasteiger partial charge in [-0.05, 0) is 12.8 Å². The Kier molecular flexibility index (Phi) is 6.06. The lowest BCUT2D eigenvalue weighted by atomic mass is 9.82. The molecule has 1 aliphatic heterocycles. The largest absolute Gasteiger partial charge is 0.332 e. The Labute approximate surface area is 94.5 Å². The van der Waals surface area contributed by atoms with Gasteiger partial charge in [0.15, 0.2) is 0 Å². The first kappa shape index (κ1) is 13.4. The van der Waals surface area contributed by atoms with E-state index in [4.69, 9.17) is 13.6 Å². The van der Waals surface area contributed by atoms with Crippen LogP contribution in [0.2, 0.25) is 0 Å². The summed E-state index contributed by atoms with van der Waals surface area (Å²) in [5, 5.41) is 0. The van der Waals surface area contributed by atoms with Crippen LogP contribution in [0, 0.1) is 5.41 Å². The van der Waals surface area contributed by atoms with Crippen LogP contribution in [0.3, 0.4) is 0 Å². The summed E-state index contributed by atoms with van der Waals surface area (Å²) in [4.78, 5) is 0. The number of hydrogen-bond acceptors (Lipinski definition) is 3. The second-order valence-electron chi connectivity index (χ2n) is 4.26. The van der Waals surface area contributed by atoms with Gasteiger partial charge in [0, 0.05) is 12.5 Å². The van der Waals surface area contributed by atoms with Crippen LogP contribution in [-0.4, -0.2) is 20.3 Å². The molecule has 1 saturated heterocycles. The standard InChI is InChI=1S/C11H23O3P/c1-4-6-7-8-11(5-2)9-13-15(12-3)14-10-11/h4-10H2,1-3H3. The summed E-state index contributed by atoms with van der Waals surface area (Å²) in [5.41, 5.74) is 0.243. The molecule has 0 aliphatic carbocycles. The fourth-order valence-electron chi connectivity index (χ4n) is 1.84. The summed E-state index contributed by atoms with van der Waals surface area (Å²) < 4.78 is 16.2. The van der Waals surface area contributed by atoms with E-state index in [1.54, 1.807) is 7.11 Å². The van der Waals surface area contributed by atoms with Crippen molar-refractivity contribution in [3.63, 3.8) is 0 Å². The van der Waals surface area contributed by atoms with Crippen LogP contribution in [-0.2, 0) is 13.6 Å². The lowest BCUT2D eigenvalue weighted by Crippen LogP contribution is -2.34. The zero-order valence-corrected chi connectivity index (χ0v) is 11.0. The monoisotopic (exact) mass is 234 g/mol. The van der Waals surface area contributed by atoms with Crippen LogP contribution in [0.1, 0.15) is 46.0 Å². The molecule has 0 aromatic heterocycles. The van der Waals surface area contributed by atoms with Gasteiger partial charge >= 0.3 is 8.60 Å². The number of unbranched alkanes of at least 4 members (excludes halogenated alkanes) is 2. The topological polar surface area (TPSA) is 27.7 Å². The quantitative estimate of drug-likeness (QED) is 0.515. The molecule has 90 valence electrons. The van der Waals surface area contributed by atoms with E-state index in [0.717, 1.165) is 19.6 Å². The normalized spacial score (nSPS) is 31.8. The summed E-state index contributed by atoms with van der Waals surface area (Å²) in [6.07, 6.45) is 6.20. The molecule has 3 nitrogen and oxygen atoms in total. The Balaban J connectivity index is 2.34. The Morgan fingerprint density at radius 3 is 2.33 bits per heavy atom. The molecule has 1 fully saturated rings. The second kappa shape index (κ2) is 6.80. The zero-order chi connectivity index (χ0) is 11.1. The average Bonchev–Trinajstić information content (AvgIpc) is 2.30. The molecule has 0 aromatic carbocycles. The van der Waals surface area contributed by atoms with Crippen LogP contribution < -0.4 is 0 Å². The predicted molar refractivity (Wildman–Crippen MR) is 62.7 cm³/mol. The molecule has 4 heteroatoms. The summed E-state index contributed by atoms with van der Waals surface area (Å²) in [5.74, 6) is 0. The predicted octanol–water partition coefficient (Wildman–Crippen LogP) is 3.88. The molecule has 0 unspecified atom stereocenters. The zero-order valence-electron chi connectivity index (χ0n) is 10.1. The SMILES string of the molecule is CCCCCC1(CC)COP(OC)OC1. The maximum absolute atomic E-state index is 5.59. The van der Waals surface area contributed by atoms with E-state index in [-0.39, 0.29) is 5.41 Å². The molecule has 0 spiro atoms. The highest BCUT2D eigenvalue weighted by Crippen LogP contribution is 2.48. The lowest BCUT2D eigenvalue weighted by Gasteiger charge is -2.37. The molecule has 1 aliphatic rings. The third-order valence-corrected chi connectivity index (χ3v) is 4.14. The van der Waals surface area contributed by atoms with Crippen LogP contribution in [0.15, 0.2) is 0 Å². The minimum atomic E-state index is -1.05. The van der Waals surface area contributed by atoms with E-state index in [1.807, 2.05) is 0 Å². The van der Waals surface area contributed by atoms with Gasteiger partial charge in [-0.2, -0.15) is 0 Å². The van der Waals surface area contributed by atoms with Crippen molar-refractivity contribution in [1.29, 1.82) is 0 Å². The molecular formula is C11H23O3P. The Morgan fingerprint density at radius 1 is 1.20 bits per heavy atom. The van der Waals surface area contributed by atoms with Crippen LogP contribution >= 0.6 is 8.60 Å². The van der Waals surface area contributed by atoms with Gasteiger partial charge in [-0.25, -0.2) is 0 Å². The van der Waals surface area contributed by atoms with Crippen molar-refractivity contribution < 1.29 is 13.6 Å². The molecule has 0 atom stereocenters. The van der Waals surface area contributed by atoms with E-state index in [1.165, 1.54) is 25.7 Å². The Bertz CT molecular complexity index is 162. The first-order valence-electron chi connectivity index (χ1n) is 5.86.